The van der Waals surface area contributed by atoms with Crippen LogP contribution in [0.25, 0.3) is 0 Å². The highest BCUT2D eigenvalue weighted by atomic mass is 16.5. The Morgan fingerprint density at radius 2 is 2.00 bits per heavy atom. The molecule has 0 aliphatic rings. The van der Waals surface area contributed by atoms with Gasteiger partial charge < -0.3 is 20.9 Å². The molecule has 0 heterocycles. The van der Waals surface area contributed by atoms with Gasteiger partial charge in [0.2, 0.25) is 0 Å². The molecule has 0 spiro atoms. The molecule has 0 amide bonds. The third-order valence-corrected chi connectivity index (χ3v) is 3.24. The van der Waals surface area contributed by atoms with E-state index in [1.165, 1.54) is 6.07 Å². The Morgan fingerprint density at radius 1 is 1.24 bits per heavy atom. The van der Waals surface area contributed by atoms with Crippen LogP contribution in [-0.4, -0.2) is 24.7 Å². The van der Waals surface area contributed by atoms with Crippen LogP contribution in [0.5, 0.6) is 5.75 Å². The van der Waals surface area contributed by atoms with Crippen LogP contribution in [-0.2, 0) is 6.42 Å². The number of anilines is 2. The molecule has 2 rings (SSSR count). The van der Waals surface area contributed by atoms with E-state index < -0.39 is 5.97 Å². The number of nitrogens with two attached hydrogens (primary N) is 1. The summed E-state index contributed by atoms with van der Waals surface area (Å²) in [7, 11) is 1.64. The first kappa shape index (κ1) is 14.7. The summed E-state index contributed by atoms with van der Waals surface area (Å²) < 4.78 is 5.29. The molecule has 2 aromatic carbocycles. The van der Waals surface area contributed by atoms with E-state index in [1.807, 2.05) is 24.3 Å². The minimum absolute atomic E-state index is 0.109. The van der Waals surface area contributed by atoms with Gasteiger partial charge in [-0.05, 0) is 30.2 Å². The maximum absolute atomic E-state index is 11.0. The maximum atomic E-state index is 11.0. The van der Waals surface area contributed by atoms with E-state index in [9.17, 15) is 4.79 Å². The molecule has 5 heteroatoms. The van der Waals surface area contributed by atoms with Gasteiger partial charge in [0.05, 0.1) is 24.0 Å². The molecule has 0 aliphatic heterocycles. The van der Waals surface area contributed by atoms with Crippen molar-refractivity contribution in [2.75, 3.05) is 24.7 Å². The van der Waals surface area contributed by atoms with E-state index in [0.29, 0.717) is 12.2 Å². The van der Waals surface area contributed by atoms with Crippen LogP contribution < -0.4 is 15.8 Å². The lowest BCUT2D eigenvalue weighted by Crippen LogP contribution is -2.10. The van der Waals surface area contributed by atoms with E-state index in [1.54, 1.807) is 19.2 Å². The van der Waals surface area contributed by atoms with E-state index >= 15 is 0 Å². The molecular formula is C16H18N2O3. The van der Waals surface area contributed by atoms with Crippen LogP contribution in [0.2, 0.25) is 0 Å². The highest BCUT2D eigenvalue weighted by Crippen LogP contribution is 2.23. The first-order chi connectivity index (χ1) is 10.1. The third-order valence-electron chi connectivity index (χ3n) is 3.24. The lowest BCUT2D eigenvalue weighted by molar-refractivity contribution is 0.0698. The highest BCUT2D eigenvalue weighted by molar-refractivity contribution is 5.97. The fourth-order valence-corrected chi connectivity index (χ4v) is 2.15. The van der Waals surface area contributed by atoms with Crippen molar-refractivity contribution in [3.8, 4) is 5.75 Å². The van der Waals surface area contributed by atoms with Crippen molar-refractivity contribution in [2.45, 2.75) is 6.42 Å². The summed E-state index contributed by atoms with van der Waals surface area (Å²) in [5, 5.41) is 12.2. The van der Waals surface area contributed by atoms with E-state index in [2.05, 4.69) is 5.32 Å². The van der Waals surface area contributed by atoms with Crippen molar-refractivity contribution in [3.63, 3.8) is 0 Å². The van der Waals surface area contributed by atoms with Gasteiger partial charge in [-0.3, -0.25) is 0 Å². The van der Waals surface area contributed by atoms with E-state index in [-0.39, 0.29) is 11.3 Å². The molecule has 0 unspecified atom stereocenters. The smallest absolute Gasteiger partial charge is 0.337 e. The Kier molecular flexibility index (Phi) is 4.66. The number of methoxy groups -OCH3 is 1. The van der Waals surface area contributed by atoms with Crippen LogP contribution in [0.4, 0.5) is 11.4 Å². The average Bonchev–Trinajstić information content (AvgIpc) is 2.49. The number of nitrogen functional groups attached to an aromatic ring is 1. The molecule has 2 aromatic rings. The molecule has 0 bridgehead atoms. The molecule has 0 atom stereocenters. The number of carboxylic acid groups (broad SMARTS) is 1. The predicted molar refractivity (Wildman–Crippen MR) is 83.0 cm³/mol. The third kappa shape index (κ3) is 3.45. The van der Waals surface area contributed by atoms with Gasteiger partial charge in [0.15, 0.2) is 0 Å². The Balaban J connectivity index is 2.04. The average molecular weight is 286 g/mol. The Morgan fingerprint density at radius 3 is 2.71 bits per heavy atom. The summed E-state index contributed by atoms with van der Waals surface area (Å²) in [6, 6.07) is 12.7. The molecule has 4 N–H and O–H groups in total. The molecule has 110 valence electrons. The topological polar surface area (TPSA) is 84.6 Å². The Hall–Kier alpha value is -2.69. The van der Waals surface area contributed by atoms with Gasteiger partial charge in [0, 0.05) is 6.54 Å². The van der Waals surface area contributed by atoms with Crippen LogP contribution >= 0.6 is 0 Å². The molecule has 0 aromatic heterocycles. The summed E-state index contributed by atoms with van der Waals surface area (Å²) in [6.07, 6.45) is 0.751. The molecular weight excluding hydrogens is 268 g/mol. The molecule has 0 fully saturated rings. The van der Waals surface area contributed by atoms with E-state index in [4.69, 9.17) is 15.6 Å². The lowest BCUT2D eigenvalue weighted by Gasteiger charge is -2.12. The van der Waals surface area contributed by atoms with E-state index in [0.717, 1.165) is 17.7 Å². The Labute approximate surface area is 123 Å². The van der Waals surface area contributed by atoms with Gasteiger partial charge in [-0.2, -0.15) is 0 Å². The second-order valence-corrected chi connectivity index (χ2v) is 4.56. The molecule has 0 aliphatic carbocycles. The van der Waals surface area contributed by atoms with Gasteiger partial charge in [-0.1, -0.05) is 24.3 Å². The lowest BCUT2D eigenvalue weighted by atomic mass is 10.1. The van der Waals surface area contributed by atoms with Gasteiger partial charge in [0.1, 0.15) is 5.75 Å². The molecule has 0 saturated heterocycles. The number of aromatic carboxylic acids is 1. The highest BCUT2D eigenvalue weighted by Gasteiger charge is 2.10. The number of ether oxygens (including phenoxy) is 1. The number of rotatable bonds is 6. The predicted octanol–water partition coefficient (Wildman–Crippen LogP) is 2.63. The SMILES string of the molecule is COc1ccccc1CCNc1cccc(C(=O)O)c1N. The van der Waals surface area contributed by atoms with Crippen LogP contribution in [0, 0.1) is 0 Å². The molecule has 0 radical (unpaired) electrons. The zero-order chi connectivity index (χ0) is 15.2. The van der Waals surface area contributed by atoms with Crippen molar-refractivity contribution in [3.05, 3.63) is 53.6 Å². The normalized spacial score (nSPS) is 10.1. The monoisotopic (exact) mass is 286 g/mol. The van der Waals surface area contributed by atoms with Crippen LogP contribution in [0.3, 0.4) is 0 Å². The number of benzene rings is 2. The van der Waals surface area contributed by atoms with Gasteiger partial charge in [0.25, 0.3) is 0 Å². The number of hydrogen-bond acceptors (Lipinski definition) is 4. The molecule has 21 heavy (non-hydrogen) atoms. The molecule has 0 saturated carbocycles. The standard InChI is InChI=1S/C16H18N2O3/c1-21-14-8-3-2-5-11(14)9-10-18-13-7-4-6-12(15(13)17)16(19)20/h2-8,18H,9-10,17H2,1H3,(H,19,20). The number of nitrogens with one attached hydrogen (secondary N) is 1. The molecule has 5 nitrogen and oxygen atoms in total. The zero-order valence-corrected chi connectivity index (χ0v) is 11.8. The van der Waals surface area contributed by atoms with Crippen molar-refractivity contribution in [1.82, 2.24) is 0 Å². The Bertz CT molecular complexity index is 641. The number of carbonyl (C=O) groups is 1. The fourth-order valence-electron chi connectivity index (χ4n) is 2.15. The van der Waals surface area contributed by atoms with Crippen molar-refractivity contribution >= 4 is 17.3 Å². The first-order valence-electron chi connectivity index (χ1n) is 6.61. The summed E-state index contributed by atoms with van der Waals surface area (Å²) >= 11 is 0. The second-order valence-electron chi connectivity index (χ2n) is 4.56. The van der Waals surface area contributed by atoms with Crippen LogP contribution in [0.15, 0.2) is 42.5 Å². The zero-order valence-electron chi connectivity index (χ0n) is 11.8. The maximum Gasteiger partial charge on any atom is 0.337 e. The second kappa shape index (κ2) is 6.65. The minimum Gasteiger partial charge on any atom is -0.496 e. The van der Waals surface area contributed by atoms with Crippen molar-refractivity contribution in [1.29, 1.82) is 0 Å². The summed E-state index contributed by atoms with van der Waals surface area (Å²) in [4.78, 5) is 11.0. The van der Waals surface area contributed by atoms with Gasteiger partial charge in [-0.25, -0.2) is 4.79 Å². The summed E-state index contributed by atoms with van der Waals surface area (Å²) in [5.41, 5.74) is 7.93. The summed E-state index contributed by atoms with van der Waals surface area (Å²) in [5.74, 6) is -0.188. The summed E-state index contributed by atoms with van der Waals surface area (Å²) in [6.45, 7) is 0.633. The number of hydrogen-bond donors (Lipinski definition) is 3. The largest absolute Gasteiger partial charge is 0.496 e. The quantitative estimate of drug-likeness (QED) is 0.711. The van der Waals surface area contributed by atoms with Crippen molar-refractivity contribution < 1.29 is 14.6 Å². The number of carboxylic acids is 1. The van der Waals surface area contributed by atoms with Gasteiger partial charge in [-0.15, -0.1) is 0 Å². The van der Waals surface area contributed by atoms with Crippen LogP contribution in [0.1, 0.15) is 15.9 Å². The minimum atomic E-state index is -1.03. The van der Waals surface area contributed by atoms with Gasteiger partial charge >= 0.3 is 5.97 Å². The fraction of sp³-hybridized carbons (Fsp3) is 0.188. The first-order valence-corrected chi connectivity index (χ1v) is 6.61. The number of para-hydroxylation sites is 2. The van der Waals surface area contributed by atoms with Crippen molar-refractivity contribution in [2.24, 2.45) is 0 Å².